The van der Waals surface area contributed by atoms with Crippen LogP contribution in [0.15, 0.2) is 36.4 Å². The quantitative estimate of drug-likeness (QED) is 0.597. The van der Waals surface area contributed by atoms with Crippen LogP contribution in [0.4, 0.5) is 10.5 Å². The Kier molecular flexibility index (Phi) is 6.00. The number of methoxy groups -OCH3 is 1. The van der Waals surface area contributed by atoms with Crippen molar-refractivity contribution in [2.75, 3.05) is 12.4 Å². The van der Waals surface area contributed by atoms with E-state index in [0.717, 1.165) is 11.1 Å². The fraction of sp³-hybridized carbons (Fsp3) is 0.273. The zero-order valence-electron chi connectivity index (χ0n) is 17.2. The van der Waals surface area contributed by atoms with Crippen LogP contribution in [-0.2, 0) is 22.7 Å². The molecule has 2 aromatic rings. The molecule has 4 rings (SSSR count). The zero-order valence-corrected chi connectivity index (χ0v) is 18.0. The number of carbonyl (C=O) groups excluding carboxylic acids is 4. The van der Waals surface area contributed by atoms with Crippen LogP contribution in [0.5, 0.6) is 5.75 Å². The molecule has 2 aromatic carbocycles. The Hall–Kier alpha value is -3.59. The number of urea groups is 1. The fourth-order valence-corrected chi connectivity index (χ4v) is 3.98. The number of benzene rings is 2. The molecule has 1 fully saturated rings. The van der Waals surface area contributed by atoms with Gasteiger partial charge in [0, 0.05) is 31.1 Å². The second kappa shape index (κ2) is 8.88. The second-order valence-corrected chi connectivity index (χ2v) is 7.95. The van der Waals surface area contributed by atoms with Crippen LogP contribution in [-0.4, -0.2) is 41.8 Å². The highest BCUT2D eigenvalue weighted by molar-refractivity contribution is 6.33. The maximum Gasteiger partial charge on any atom is 0.319 e. The minimum Gasteiger partial charge on any atom is -0.497 e. The number of imide groups is 1. The molecule has 166 valence electrons. The van der Waals surface area contributed by atoms with E-state index < -0.39 is 18.0 Å². The Bertz CT molecular complexity index is 1120. The number of hydrogen-bond acceptors (Lipinski definition) is 5. The summed E-state index contributed by atoms with van der Waals surface area (Å²) in [6, 6.07) is 9.11. The van der Waals surface area contributed by atoms with Crippen LogP contribution in [0.2, 0.25) is 5.02 Å². The summed E-state index contributed by atoms with van der Waals surface area (Å²) >= 11 is 6.11. The van der Waals surface area contributed by atoms with E-state index in [9.17, 15) is 19.2 Å². The van der Waals surface area contributed by atoms with Gasteiger partial charge in [-0.1, -0.05) is 23.7 Å². The second-order valence-electron chi connectivity index (χ2n) is 7.54. The summed E-state index contributed by atoms with van der Waals surface area (Å²) in [5, 5.41) is 8.09. The summed E-state index contributed by atoms with van der Waals surface area (Å²) in [5.41, 5.74) is 2.51. The molecule has 0 aromatic heterocycles. The molecule has 0 saturated carbocycles. The lowest BCUT2D eigenvalue weighted by Crippen LogP contribution is -2.52. The Labute approximate surface area is 189 Å². The van der Waals surface area contributed by atoms with Crippen molar-refractivity contribution >= 4 is 41.0 Å². The van der Waals surface area contributed by atoms with Crippen LogP contribution in [0.3, 0.4) is 0 Å². The van der Waals surface area contributed by atoms with E-state index in [-0.39, 0.29) is 31.3 Å². The number of amides is 5. The van der Waals surface area contributed by atoms with Crippen molar-refractivity contribution in [1.29, 1.82) is 0 Å². The van der Waals surface area contributed by atoms with Crippen molar-refractivity contribution in [3.63, 3.8) is 0 Å². The lowest BCUT2D eigenvalue weighted by Gasteiger charge is -2.29. The van der Waals surface area contributed by atoms with E-state index in [1.807, 2.05) is 6.07 Å². The number of halogens is 1. The van der Waals surface area contributed by atoms with Crippen molar-refractivity contribution in [2.24, 2.45) is 0 Å². The third-order valence-electron chi connectivity index (χ3n) is 5.46. The van der Waals surface area contributed by atoms with Gasteiger partial charge in [0.05, 0.1) is 17.8 Å². The van der Waals surface area contributed by atoms with Crippen molar-refractivity contribution in [2.45, 2.75) is 32.0 Å². The lowest BCUT2D eigenvalue weighted by atomic mass is 10.0. The Balaban J connectivity index is 1.39. The first-order valence-corrected chi connectivity index (χ1v) is 10.4. The summed E-state index contributed by atoms with van der Waals surface area (Å²) in [4.78, 5) is 50.1. The van der Waals surface area contributed by atoms with Gasteiger partial charge in [-0.25, -0.2) is 4.79 Å². The molecule has 2 aliphatic rings. The van der Waals surface area contributed by atoms with Crippen molar-refractivity contribution in [3.05, 3.63) is 58.1 Å². The molecule has 1 atom stereocenters. The number of rotatable bonds is 5. The molecule has 3 N–H and O–H groups in total. The molecule has 1 unspecified atom stereocenters. The van der Waals surface area contributed by atoms with Crippen LogP contribution in [0.1, 0.15) is 34.3 Å². The molecule has 0 spiro atoms. The summed E-state index contributed by atoms with van der Waals surface area (Å²) in [7, 11) is 1.52. The van der Waals surface area contributed by atoms with Crippen molar-refractivity contribution < 1.29 is 23.9 Å². The number of nitrogens with one attached hydrogen (secondary N) is 3. The molecule has 10 heteroatoms. The molecule has 2 aliphatic heterocycles. The van der Waals surface area contributed by atoms with Crippen LogP contribution >= 0.6 is 11.6 Å². The first kappa shape index (κ1) is 21.6. The predicted octanol–water partition coefficient (Wildman–Crippen LogP) is 2.43. The van der Waals surface area contributed by atoms with Crippen LogP contribution in [0.25, 0.3) is 0 Å². The first-order chi connectivity index (χ1) is 15.4. The largest absolute Gasteiger partial charge is 0.497 e. The maximum absolute atomic E-state index is 12.7. The van der Waals surface area contributed by atoms with Gasteiger partial charge in [0.1, 0.15) is 11.8 Å². The van der Waals surface area contributed by atoms with Gasteiger partial charge in [-0.15, -0.1) is 0 Å². The van der Waals surface area contributed by atoms with Gasteiger partial charge in [0.25, 0.3) is 5.91 Å². The van der Waals surface area contributed by atoms with Gasteiger partial charge in [-0.05, 0) is 35.7 Å². The number of carbonyl (C=O) groups is 4. The minimum absolute atomic E-state index is 0.206. The molecule has 1 saturated heterocycles. The fourth-order valence-electron chi connectivity index (χ4n) is 3.81. The average molecular weight is 457 g/mol. The highest BCUT2D eigenvalue weighted by Crippen LogP contribution is 2.29. The van der Waals surface area contributed by atoms with Gasteiger partial charge >= 0.3 is 6.03 Å². The van der Waals surface area contributed by atoms with Crippen molar-refractivity contribution in [1.82, 2.24) is 15.5 Å². The van der Waals surface area contributed by atoms with E-state index in [2.05, 4.69) is 16.0 Å². The van der Waals surface area contributed by atoms with E-state index in [0.29, 0.717) is 28.4 Å². The smallest absolute Gasteiger partial charge is 0.319 e. The molecule has 0 aliphatic carbocycles. The summed E-state index contributed by atoms with van der Waals surface area (Å²) in [6.07, 6.45) is 0.518. The van der Waals surface area contributed by atoms with Crippen LogP contribution in [0, 0.1) is 0 Å². The van der Waals surface area contributed by atoms with E-state index in [1.165, 1.54) is 12.0 Å². The van der Waals surface area contributed by atoms with E-state index >= 15 is 0 Å². The number of anilines is 1. The van der Waals surface area contributed by atoms with Crippen LogP contribution < -0.4 is 20.7 Å². The Morgan fingerprint density at radius 3 is 2.78 bits per heavy atom. The highest BCUT2D eigenvalue weighted by atomic mass is 35.5. The topological polar surface area (TPSA) is 117 Å². The summed E-state index contributed by atoms with van der Waals surface area (Å²) < 4.78 is 5.13. The molecule has 9 nitrogen and oxygen atoms in total. The Morgan fingerprint density at radius 1 is 1.22 bits per heavy atom. The van der Waals surface area contributed by atoms with Crippen molar-refractivity contribution in [3.8, 4) is 5.75 Å². The zero-order chi connectivity index (χ0) is 22.8. The Morgan fingerprint density at radius 2 is 2.03 bits per heavy atom. The number of nitrogens with zero attached hydrogens (tertiary/aromatic N) is 1. The monoisotopic (exact) mass is 456 g/mol. The molecular weight excluding hydrogens is 436 g/mol. The molecule has 0 radical (unpaired) electrons. The summed E-state index contributed by atoms with van der Waals surface area (Å²) in [6.45, 7) is 0.507. The number of piperidine rings is 1. The van der Waals surface area contributed by atoms with E-state index in [4.69, 9.17) is 16.3 Å². The van der Waals surface area contributed by atoms with Gasteiger partial charge in [0.2, 0.25) is 11.8 Å². The SMILES string of the molecule is COc1ccc(Cl)c(NC(=O)NCc2ccc3c(c2)CN(C2CCC(=O)NC2=O)C3=O)c1. The maximum atomic E-state index is 12.7. The predicted molar refractivity (Wildman–Crippen MR) is 116 cm³/mol. The number of ether oxygens (including phenoxy) is 1. The first-order valence-electron chi connectivity index (χ1n) is 10.0. The molecule has 5 amide bonds. The number of hydrogen-bond donors (Lipinski definition) is 3. The average Bonchev–Trinajstić information content (AvgIpc) is 3.09. The third-order valence-corrected chi connectivity index (χ3v) is 5.79. The van der Waals surface area contributed by atoms with Gasteiger partial charge in [-0.3, -0.25) is 19.7 Å². The van der Waals surface area contributed by atoms with Gasteiger partial charge < -0.3 is 20.3 Å². The number of fused-ring (bicyclic) bond motifs is 1. The minimum atomic E-state index is -0.660. The molecule has 2 heterocycles. The van der Waals surface area contributed by atoms with Gasteiger partial charge in [-0.2, -0.15) is 0 Å². The van der Waals surface area contributed by atoms with Gasteiger partial charge in [0.15, 0.2) is 0 Å². The third kappa shape index (κ3) is 4.38. The van der Waals surface area contributed by atoms with E-state index in [1.54, 1.807) is 30.3 Å². The molecule has 0 bridgehead atoms. The molecular formula is C22H21ClN4O5. The normalized spacial score (nSPS) is 17.6. The molecule has 32 heavy (non-hydrogen) atoms. The lowest BCUT2D eigenvalue weighted by molar-refractivity contribution is -0.136. The summed E-state index contributed by atoms with van der Waals surface area (Å²) in [5.74, 6) is -0.442. The highest BCUT2D eigenvalue weighted by Gasteiger charge is 2.39. The standard InChI is InChI=1S/C22H21ClN4O5/c1-32-14-3-5-16(23)17(9-14)25-22(31)24-10-12-2-4-15-13(8-12)11-27(21(15)30)18-6-7-19(28)26-20(18)29/h2-5,8-9,18H,6-7,10-11H2,1H3,(H2,24,25,31)(H,26,28,29).